The van der Waals surface area contributed by atoms with E-state index in [0.717, 1.165) is 0 Å². The molecule has 1 aliphatic heterocycles. The number of carboxylic acid groups (broad SMARTS) is 1. The molecule has 3 rings (SSSR count). The summed E-state index contributed by atoms with van der Waals surface area (Å²) in [7, 11) is 0. The maximum absolute atomic E-state index is 12.2. The second kappa shape index (κ2) is 5.48. The van der Waals surface area contributed by atoms with Crippen molar-refractivity contribution in [2.75, 3.05) is 26.2 Å². The third-order valence-electron chi connectivity index (χ3n) is 4.07. The number of carbonyl (C=O) groups is 3. The van der Waals surface area contributed by atoms with Crippen LogP contribution in [0.15, 0.2) is 16.8 Å². The molecule has 0 bridgehead atoms. The molecule has 1 aromatic rings. The summed E-state index contributed by atoms with van der Waals surface area (Å²) in [5, 5.41) is 12.6. The maximum atomic E-state index is 12.2. The molecule has 1 aliphatic carbocycles. The van der Waals surface area contributed by atoms with Crippen LogP contribution in [0, 0.1) is 11.8 Å². The topological polar surface area (TPSA) is 77.9 Å². The number of amides is 2. The van der Waals surface area contributed by atoms with E-state index in [1.165, 1.54) is 11.3 Å². The van der Waals surface area contributed by atoms with E-state index in [-0.39, 0.29) is 17.7 Å². The molecule has 1 saturated carbocycles. The van der Waals surface area contributed by atoms with E-state index in [9.17, 15) is 14.4 Å². The third-order valence-corrected chi connectivity index (χ3v) is 4.75. The van der Waals surface area contributed by atoms with Crippen LogP contribution < -0.4 is 0 Å². The van der Waals surface area contributed by atoms with Crippen molar-refractivity contribution in [2.24, 2.45) is 11.8 Å². The molecule has 6 nitrogen and oxygen atoms in total. The molecule has 1 N–H and O–H groups in total. The van der Waals surface area contributed by atoms with Crippen LogP contribution in [0.3, 0.4) is 0 Å². The number of rotatable bonds is 3. The summed E-state index contributed by atoms with van der Waals surface area (Å²) in [4.78, 5) is 38.6. The second-order valence-electron chi connectivity index (χ2n) is 5.42. The number of hydrogen-bond acceptors (Lipinski definition) is 4. The lowest BCUT2D eigenvalue weighted by molar-refractivity contribution is -0.142. The highest BCUT2D eigenvalue weighted by atomic mass is 32.1. The van der Waals surface area contributed by atoms with E-state index in [4.69, 9.17) is 5.11 Å². The second-order valence-corrected chi connectivity index (χ2v) is 6.20. The van der Waals surface area contributed by atoms with Gasteiger partial charge in [0.05, 0.1) is 17.4 Å². The molecule has 21 heavy (non-hydrogen) atoms. The first kappa shape index (κ1) is 14.1. The van der Waals surface area contributed by atoms with E-state index in [2.05, 4.69) is 0 Å². The van der Waals surface area contributed by atoms with E-state index in [0.29, 0.717) is 38.2 Å². The normalized spacial score (nSPS) is 24.8. The molecule has 1 saturated heterocycles. The third kappa shape index (κ3) is 2.78. The Hall–Kier alpha value is -1.89. The quantitative estimate of drug-likeness (QED) is 0.894. The number of aliphatic carboxylic acids is 1. The summed E-state index contributed by atoms with van der Waals surface area (Å²) in [5.74, 6) is -1.84. The Kier molecular flexibility index (Phi) is 3.67. The fraction of sp³-hybridized carbons (Fsp3) is 0.500. The molecule has 112 valence electrons. The molecule has 0 spiro atoms. The van der Waals surface area contributed by atoms with Crippen LogP contribution in [0.1, 0.15) is 16.8 Å². The smallest absolute Gasteiger partial charge is 0.307 e. The van der Waals surface area contributed by atoms with Crippen molar-refractivity contribution in [3.05, 3.63) is 22.4 Å². The number of nitrogens with zero attached hydrogens (tertiary/aromatic N) is 2. The van der Waals surface area contributed by atoms with E-state index in [1.807, 2.05) is 10.8 Å². The monoisotopic (exact) mass is 308 g/mol. The Morgan fingerprint density at radius 3 is 2.29 bits per heavy atom. The molecule has 0 radical (unpaired) electrons. The largest absolute Gasteiger partial charge is 0.481 e. The van der Waals surface area contributed by atoms with Crippen LogP contribution in [-0.4, -0.2) is 58.9 Å². The van der Waals surface area contributed by atoms with Crippen molar-refractivity contribution in [1.82, 2.24) is 9.80 Å². The van der Waals surface area contributed by atoms with Gasteiger partial charge in [-0.2, -0.15) is 11.3 Å². The standard InChI is InChI=1S/C14H16N2O4S/c17-12(9-1-6-21-8-9)15-2-4-16(5-3-15)13(18)10-7-11(10)14(19)20/h1,6,8,10-11H,2-5,7H2,(H,19,20)/t10-,11+/m1/s1. The molecular weight excluding hydrogens is 292 g/mol. The van der Waals surface area contributed by atoms with Crippen LogP contribution in [0.4, 0.5) is 0 Å². The van der Waals surface area contributed by atoms with Crippen molar-refractivity contribution in [3.63, 3.8) is 0 Å². The number of hydrogen-bond donors (Lipinski definition) is 1. The fourth-order valence-corrected chi connectivity index (χ4v) is 3.30. The molecule has 2 fully saturated rings. The fourth-order valence-electron chi connectivity index (χ4n) is 2.67. The number of carbonyl (C=O) groups excluding carboxylic acids is 2. The molecule has 2 amide bonds. The molecule has 7 heteroatoms. The highest BCUT2D eigenvalue weighted by molar-refractivity contribution is 7.08. The highest BCUT2D eigenvalue weighted by Gasteiger charge is 2.50. The zero-order valence-corrected chi connectivity index (χ0v) is 12.2. The van der Waals surface area contributed by atoms with Gasteiger partial charge in [0.1, 0.15) is 0 Å². The van der Waals surface area contributed by atoms with Crippen LogP contribution >= 0.6 is 11.3 Å². The maximum Gasteiger partial charge on any atom is 0.307 e. The average Bonchev–Trinajstić information content (AvgIpc) is 3.12. The zero-order chi connectivity index (χ0) is 15.0. The van der Waals surface area contributed by atoms with Crippen LogP contribution in [0.25, 0.3) is 0 Å². The average molecular weight is 308 g/mol. The molecule has 2 aliphatic rings. The molecule has 0 aromatic carbocycles. The minimum atomic E-state index is -0.889. The molecule has 2 heterocycles. The van der Waals surface area contributed by atoms with Gasteiger partial charge in [0.25, 0.3) is 5.91 Å². The van der Waals surface area contributed by atoms with E-state index >= 15 is 0 Å². The Labute approximate surface area is 126 Å². The first-order valence-corrected chi connectivity index (χ1v) is 7.85. The molecule has 2 atom stereocenters. The van der Waals surface area contributed by atoms with Crippen molar-refractivity contribution in [3.8, 4) is 0 Å². The summed E-state index contributed by atoms with van der Waals surface area (Å²) in [6.07, 6.45) is 0.447. The van der Waals surface area contributed by atoms with E-state index in [1.54, 1.807) is 15.9 Å². The van der Waals surface area contributed by atoms with Gasteiger partial charge in [0.15, 0.2) is 0 Å². The van der Waals surface area contributed by atoms with Gasteiger partial charge in [-0.05, 0) is 17.9 Å². The minimum absolute atomic E-state index is 0.00168. The van der Waals surface area contributed by atoms with Gasteiger partial charge in [-0.25, -0.2) is 0 Å². The SMILES string of the molecule is O=C(O)[C@H]1C[C@H]1C(=O)N1CCN(C(=O)c2ccsc2)CC1. The van der Waals surface area contributed by atoms with Gasteiger partial charge < -0.3 is 14.9 Å². The first-order chi connectivity index (χ1) is 10.1. The van der Waals surface area contributed by atoms with Crippen molar-refractivity contribution < 1.29 is 19.5 Å². The van der Waals surface area contributed by atoms with Gasteiger partial charge >= 0.3 is 5.97 Å². The van der Waals surface area contributed by atoms with Crippen molar-refractivity contribution >= 4 is 29.1 Å². The minimum Gasteiger partial charge on any atom is -0.481 e. The van der Waals surface area contributed by atoms with Crippen molar-refractivity contribution in [1.29, 1.82) is 0 Å². The Morgan fingerprint density at radius 1 is 1.10 bits per heavy atom. The summed E-state index contributed by atoms with van der Waals surface area (Å²) in [6.45, 7) is 1.98. The molecular formula is C14H16N2O4S. The van der Waals surface area contributed by atoms with E-state index < -0.39 is 11.9 Å². The number of piperazine rings is 1. The Bertz CT molecular complexity index is 564. The van der Waals surface area contributed by atoms with Crippen LogP contribution in [0.5, 0.6) is 0 Å². The Morgan fingerprint density at radius 2 is 1.76 bits per heavy atom. The zero-order valence-electron chi connectivity index (χ0n) is 11.4. The molecule has 0 unspecified atom stereocenters. The number of thiophene rings is 1. The summed E-state index contributed by atoms with van der Waals surface area (Å²) < 4.78 is 0. The highest BCUT2D eigenvalue weighted by Crippen LogP contribution is 2.40. The lowest BCUT2D eigenvalue weighted by atomic mass is 10.2. The first-order valence-electron chi connectivity index (χ1n) is 6.91. The predicted octanol–water partition coefficient (Wildman–Crippen LogP) is 0.753. The lowest BCUT2D eigenvalue weighted by Gasteiger charge is -2.34. The van der Waals surface area contributed by atoms with Crippen LogP contribution in [-0.2, 0) is 9.59 Å². The summed E-state index contributed by atoms with van der Waals surface area (Å²) in [5.41, 5.74) is 0.688. The van der Waals surface area contributed by atoms with Crippen molar-refractivity contribution in [2.45, 2.75) is 6.42 Å². The van der Waals surface area contributed by atoms with Gasteiger partial charge in [0.2, 0.25) is 5.91 Å². The molecule has 1 aromatic heterocycles. The summed E-state index contributed by atoms with van der Waals surface area (Å²) >= 11 is 1.48. The summed E-state index contributed by atoms with van der Waals surface area (Å²) in [6, 6.07) is 1.80. The van der Waals surface area contributed by atoms with Gasteiger partial charge in [-0.15, -0.1) is 0 Å². The van der Waals surface area contributed by atoms with Crippen LogP contribution in [0.2, 0.25) is 0 Å². The van der Waals surface area contributed by atoms with Gasteiger partial charge in [-0.3, -0.25) is 14.4 Å². The van der Waals surface area contributed by atoms with Gasteiger partial charge in [0, 0.05) is 31.6 Å². The number of carboxylic acids is 1. The van der Waals surface area contributed by atoms with Gasteiger partial charge in [-0.1, -0.05) is 0 Å². The Balaban J connectivity index is 1.53. The predicted molar refractivity (Wildman–Crippen MR) is 76.0 cm³/mol. The lowest BCUT2D eigenvalue weighted by Crippen LogP contribution is -2.51.